The molecule has 1 aromatic carbocycles. The molecule has 39 heavy (non-hydrogen) atoms. The molecule has 0 aliphatic carbocycles. The average Bonchev–Trinajstić information content (AvgIpc) is 2.88. The standard InChI is InChI=1S/C31H56N2O5S/c1-4-5-6-7-8-9-10-11-12-13-14-15-16-17-21-24-31(34)32-30(26-25-29-22-19-18-20-23-29)33(2,3)27-28-38-39(35,36)37/h18-20,22-23,30H,4-17,21,24-28H2,1-3H3,(H-,32,34,35,36,37). The first-order valence-electron chi connectivity index (χ1n) is 15.4. The maximum atomic E-state index is 12.8. The number of aryl methyl sites for hydroxylation is 1. The van der Waals surface area contributed by atoms with Crippen LogP contribution in [0.25, 0.3) is 0 Å². The van der Waals surface area contributed by atoms with E-state index in [9.17, 15) is 17.8 Å². The number of benzene rings is 1. The minimum Gasteiger partial charge on any atom is -0.726 e. The lowest BCUT2D eigenvalue weighted by Crippen LogP contribution is -2.59. The van der Waals surface area contributed by atoms with Crippen molar-refractivity contribution in [1.29, 1.82) is 0 Å². The molecule has 1 amide bonds. The highest BCUT2D eigenvalue weighted by Gasteiger charge is 2.29. The van der Waals surface area contributed by atoms with E-state index in [1.165, 1.54) is 89.0 Å². The van der Waals surface area contributed by atoms with E-state index in [0.717, 1.165) is 19.3 Å². The van der Waals surface area contributed by atoms with Crippen LogP contribution in [-0.4, -0.2) is 56.8 Å². The summed E-state index contributed by atoms with van der Waals surface area (Å²) in [6.45, 7) is 2.34. The first-order valence-corrected chi connectivity index (χ1v) is 16.7. The average molecular weight is 569 g/mol. The van der Waals surface area contributed by atoms with Crippen molar-refractivity contribution in [2.75, 3.05) is 27.2 Å². The van der Waals surface area contributed by atoms with Gasteiger partial charge in [-0.05, 0) is 18.4 Å². The Kier molecular flexibility index (Phi) is 19.4. The minimum absolute atomic E-state index is 0.0197. The van der Waals surface area contributed by atoms with Crippen molar-refractivity contribution in [2.45, 2.75) is 129 Å². The van der Waals surface area contributed by atoms with Crippen LogP contribution in [0.5, 0.6) is 0 Å². The van der Waals surface area contributed by atoms with Crippen LogP contribution in [0.3, 0.4) is 0 Å². The molecule has 8 heteroatoms. The van der Waals surface area contributed by atoms with Crippen molar-refractivity contribution in [1.82, 2.24) is 5.32 Å². The first-order chi connectivity index (χ1) is 18.6. The SMILES string of the molecule is CCCCCCCCCCCCCCCCCC(=O)NC(CCc1ccccc1)[N+](C)(C)CCOS(=O)(=O)[O-]. The number of amides is 1. The Morgan fingerprint density at radius 2 is 1.33 bits per heavy atom. The number of likely N-dealkylation sites (N-methyl/N-ethyl adjacent to an activating group) is 1. The maximum Gasteiger partial charge on any atom is 0.224 e. The Balaban J connectivity index is 2.27. The van der Waals surface area contributed by atoms with Crippen molar-refractivity contribution in [3.8, 4) is 0 Å². The predicted octanol–water partition coefficient (Wildman–Crippen LogP) is 6.88. The number of nitrogens with zero attached hydrogens (tertiary/aromatic N) is 1. The molecule has 0 heterocycles. The summed E-state index contributed by atoms with van der Waals surface area (Å²) in [5.41, 5.74) is 1.18. The summed E-state index contributed by atoms with van der Waals surface area (Å²) >= 11 is 0. The van der Waals surface area contributed by atoms with Gasteiger partial charge in [0.15, 0.2) is 6.17 Å². The molecular weight excluding hydrogens is 512 g/mol. The van der Waals surface area contributed by atoms with Crippen LogP contribution >= 0.6 is 0 Å². The van der Waals surface area contributed by atoms with E-state index in [-0.39, 0.29) is 18.7 Å². The highest BCUT2D eigenvalue weighted by atomic mass is 32.3. The van der Waals surface area contributed by atoms with Gasteiger partial charge in [-0.3, -0.25) is 8.98 Å². The van der Waals surface area contributed by atoms with Crippen LogP contribution in [0.1, 0.15) is 122 Å². The number of quaternary nitrogens is 1. The highest BCUT2D eigenvalue weighted by Crippen LogP contribution is 2.16. The molecule has 0 radical (unpaired) electrons. The molecule has 1 aromatic rings. The van der Waals surface area contributed by atoms with Gasteiger partial charge in [-0.25, -0.2) is 8.42 Å². The summed E-state index contributed by atoms with van der Waals surface area (Å²) in [5.74, 6) is 0.0197. The van der Waals surface area contributed by atoms with Gasteiger partial charge in [0.2, 0.25) is 16.3 Å². The molecular formula is C31H56N2O5S. The fourth-order valence-corrected chi connectivity index (χ4v) is 5.27. The number of hydrogen-bond donors (Lipinski definition) is 1. The molecule has 0 fully saturated rings. The van der Waals surface area contributed by atoms with E-state index in [1.54, 1.807) is 0 Å². The molecule has 226 valence electrons. The van der Waals surface area contributed by atoms with Gasteiger partial charge in [0.1, 0.15) is 13.2 Å². The quantitative estimate of drug-likeness (QED) is 0.0456. The summed E-state index contributed by atoms with van der Waals surface area (Å²) in [4.78, 5) is 12.8. The van der Waals surface area contributed by atoms with E-state index in [2.05, 4.69) is 28.6 Å². The topological polar surface area (TPSA) is 95.5 Å². The van der Waals surface area contributed by atoms with Crippen molar-refractivity contribution >= 4 is 16.3 Å². The zero-order chi connectivity index (χ0) is 28.8. The fraction of sp³-hybridized carbons (Fsp3) is 0.774. The molecule has 0 bridgehead atoms. The molecule has 0 aromatic heterocycles. The van der Waals surface area contributed by atoms with Gasteiger partial charge in [0, 0.05) is 12.8 Å². The Hall–Kier alpha value is -1.48. The van der Waals surface area contributed by atoms with Crippen molar-refractivity contribution in [3.63, 3.8) is 0 Å². The maximum absolute atomic E-state index is 12.8. The summed E-state index contributed by atoms with van der Waals surface area (Å²) in [5, 5.41) is 3.17. The zero-order valence-corrected chi connectivity index (χ0v) is 25.8. The molecule has 1 atom stereocenters. The molecule has 0 aliphatic heterocycles. The number of carbonyl (C=O) groups is 1. The van der Waals surface area contributed by atoms with Crippen molar-refractivity contribution in [2.24, 2.45) is 0 Å². The van der Waals surface area contributed by atoms with E-state index < -0.39 is 10.4 Å². The minimum atomic E-state index is -4.73. The number of nitrogens with one attached hydrogen (secondary N) is 1. The summed E-state index contributed by atoms with van der Waals surface area (Å²) < 4.78 is 37.3. The van der Waals surface area contributed by atoms with Gasteiger partial charge in [-0.1, -0.05) is 127 Å². The number of carbonyl (C=O) groups excluding carboxylic acids is 1. The van der Waals surface area contributed by atoms with Gasteiger partial charge in [-0.15, -0.1) is 0 Å². The van der Waals surface area contributed by atoms with Gasteiger partial charge in [-0.2, -0.15) is 0 Å². The third-order valence-corrected chi connectivity index (χ3v) is 8.08. The van der Waals surface area contributed by atoms with E-state index in [4.69, 9.17) is 0 Å². The molecule has 1 N–H and O–H groups in total. The van der Waals surface area contributed by atoms with Crippen LogP contribution in [-0.2, 0) is 25.8 Å². The lowest BCUT2D eigenvalue weighted by atomic mass is 10.0. The second-order valence-corrected chi connectivity index (χ2v) is 12.6. The zero-order valence-electron chi connectivity index (χ0n) is 25.0. The molecule has 0 saturated heterocycles. The Morgan fingerprint density at radius 3 is 1.82 bits per heavy atom. The molecule has 0 aliphatic rings. The first kappa shape index (κ1) is 35.5. The van der Waals surface area contributed by atoms with Gasteiger partial charge < -0.3 is 14.4 Å². The molecule has 1 rings (SSSR count). The number of unbranched alkanes of at least 4 members (excludes halogenated alkanes) is 14. The predicted molar refractivity (Wildman–Crippen MR) is 159 cm³/mol. The normalized spacial score (nSPS) is 12.9. The monoisotopic (exact) mass is 568 g/mol. The van der Waals surface area contributed by atoms with E-state index in [0.29, 0.717) is 23.9 Å². The van der Waals surface area contributed by atoms with Crippen molar-refractivity contribution < 1.29 is 26.4 Å². The fourth-order valence-electron chi connectivity index (χ4n) is 4.99. The van der Waals surface area contributed by atoms with Gasteiger partial charge in [0.25, 0.3) is 0 Å². The van der Waals surface area contributed by atoms with Crippen molar-refractivity contribution in [3.05, 3.63) is 35.9 Å². The van der Waals surface area contributed by atoms with Crippen LogP contribution in [0.4, 0.5) is 0 Å². The third kappa shape index (κ3) is 20.1. The van der Waals surface area contributed by atoms with Crippen LogP contribution < -0.4 is 5.32 Å². The summed E-state index contributed by atoms with van der Waals surface area (Å²) in [7, 11) is -0.889. The molecule has 7 nitrogen and oxygen atoms in total. The van der Waals surface area contributed by atoms with E-state index in [1.807, 2.05) is 32.3 Å². The third-order valence-electron chi connectivity index (χ3n) is 7.62. The van der Waals surface area contributed by atoms with Crippen LogP contribution in [0.2, 0.25) is 0 Å². The second kappa shape index (κ2) is 21.3. The molecule has 0 saturated carbocycles. The van der Waals surface area contributed by atoms with Crippen LogP contribution in [0.15, 0.2) is 30.3 Å². The van der Waals surface area contributed by atoms with E-state index >= 15 is 0 Å². The second-order valence-electron chi connectivity index (χ2n) is 11.5. The number of hydrogen-bond acceptors (Lipinski definition) is 5. The summed E-state index contributed by atoms with van der Waals surface area (Å²) in [6.07, 6.45) is 21.1. The lowest BCUT2D eigenvalue weighted by molar-refractivity contribution is -0.917. The molecule has 1 unspecified atom stereocenters. The van der Waals surface area contributed by atoms with Gasteiger partial charge in [0.05, 0.1) is 14.1 Å². The smallest absolute Gasteiger partial charge is 0.224 e. The Morgan fingerprint density at radius 1 is 0.846 bits per heavy atom. The lowest BCUT2D eigenvalue weighted by Gasteiger charge is -2.38. The Bertz CT molecular complexity index is 846. The highest BCUT2D eigenvalue weighted by molar-refractivity contribution is 7.80. The largest absolute Gasteiger partial charge is 0.726 e. The summed E-state index contributed by atoms with van der Waals surface area (Å²) in [6, 6.07) is 10.1. The number of rotatable bonds is 25. The molecule has 0 spiro atoms. The Labute approximate surface area is 239 Å². The van der Waals surface area contributed by atoms with Gasteiger partial charge >= 0.3 is 0 Å². The van der Waals surface area contributed by atoms with Crippen LogP contribution in [0, 0.1) is 0 Å².